The van der Waals surface area contributed by atoms with Gasteiger partial charge in [-0.2, -0.15) is 0 Å². The van der Waals surface area contributed by atoms with Crippen molar-refractivity contribution in [3.63, 3.8) is 0 Å². The van der Waals surface area contributed by atoms with Crippen LogP contribution in [0.2, 0.25) is 0 Å². The number of fused-ring (bicyclic) bond motifs is 1. The standard InChI is InChI=1S/C20H15N5O4S/c1-11-17(19(27)22-15-8-3-2-7-14(15)18(21)26)30-20-23-16(10-24(11)20)12-5-4-6-13(9-12)25(28)29/h2-10H,1H3,(H2,21,26)(H,22,27). The molecule has 0 aliphatic heterocycles. The highest BCUT2D eigenvalue weighted by Crippen LogP contribution is 2.29. The van der Waals surface area contributed by atoms with E-state index in [2.05, 4.69) is 10.3 Å². The Balaban J connectivity index is 1.66. The number of rotatable bonds is 5. The minimum atomic E-state index is -0.634. The van der Waals surface area contributed by atoms with Crippen molar-refractivity contribution in [2.75, 3.05) is 5.32 Å². The predicted molar refractivity (Wildman–Crippen MR) is 113 cm³/mol. The Hall–Kier alpha value is -4.05. The number of aryl methyl sites for hydroxylation is 1. The van der Waals surface area contributed by atoms with E-state index in [0.717, 1.165) is 0 Å². The molecular weight excluding hydrogens is 406 g/mol. The number of non-ortho nitro benzene ring substituents is 1. The molecule has 0 atom stereocenters. The van der Waals surface area contributed by atoms with Gasteiger partial charge in [0, 0.05) is 29.6 Å². The summed E-state index contributed by atoms with van der Waals surface area (Å²) in [5, 5.41) is 13.7. The normalized spacial score (nSPS) is 10.8. The van der Waals surface area contributed by atoms with Gasteiger partial charge < -0.3 is 11.1 Å². The quantitative estimate of drug-likeness (QED) is 0.375. The third kappa shape index (κ3) is 3.40. The molecular formula is C20H15N5O4S. The molecule has 0 saturated carbocycles. The monoisotopic (exact) mass is 421 g/mol. The maximum absolute atomic E-state index is 12.8. The summed E-state index contributed by atoms with van der Waals surface area (Å²) in [4.78, 5) is 40.4. The van der Waals surface area contributed by atoms with E-state index in [1.807, 2.05) is 0 Å². The number of aromatic nitrogens is 2. The van der Waals surface area contributed by atoms with Crippen LogP contribution in [0.25, 0.3) is 16.2 Å². The van der Waals surface area contributed by atoms with Crippen molar-refractivity contribution in [3.8, 4) is 11.3 Å². The molecule has 4 rings (SSSR count). The third-order valence-corrected chi connectivity index (χ3v) is 5.71. The summed E-state index contributed by atoms with van der Waals surface area (Å²) in [6.45, 7) is 1.78. The first-order valence-electron chi connectivity index (χ1n) is 8.78. The number of hydrogen-bond acceptors (Lipinski definition) is 6. The van der Waals surface area contributed by atoms with Crippen molar-refractivity contribution in [2.24, 2.45) is 5.73 Å². The van der Waals surface area contributed by atoms with Gasteiger partial charge >= 0.3 is 0 Å². The molecule has 30 heavy (non-hydrogen) atoms. The minimum absolute atomic E-state index is 0.0197. The Morgan fingerprint density at radius 2 is 1.97 bits per heavy atom. The SMILES string of the molecule is Cc1c(C(=O)Nc2ccccc2C(N)=O)sc2nc(-c3cccc([N+](=O)[O-])c3)cn12. The van der Waals surface area contributed by atoms with E-state index in [9.17, 15) is 19.7 Å². The summed E-state index contributed by atoms with van der Waals surface area (Å²) >= 11 is 1.18. The molecule has 0 aliphatic rings. The van der Waals surface area contributed by atoms with Crippen LogP contribution in [0.1, 0.15) is 25.7 Å². The van der Waals surface area contributed by atoms with E-state index in [4.69, 9.17) is 5.73 Å². The lowest BCUT2D eigenvalue weighted by molar-refractivity contribution is -0.384. The fourth-order valence-electron chi connectivity index (χ4n) is 3.06. The molecule has 2 aromatic carbocycles. The number of imidazole rings is 1. The number of nitrogens with zero attached hydrogens (tertiary/aromatic N) is 3. The Morgan fingerprint density at radius 1 is 1.20 bits per heavy atom. The zero-order chi connectivity index (χ0) is 21.4. The molecule has 0 aliphatic carbocycles. The van der Waals surface area contributed by atoms with Crippen LogP contribution in [0, 0.1) is 17.0 Å². The van der Waals surface area contributed by atoms with Crippen LogP contribution in [-0.2, 0) is 0 Å². The van der Waals surface area contributed by atoms with E-state index in [-0.39, 0.29) is 17.2 Å². The average molecular weight is 421 g/mol. The first-order chi connectivity index (χ1) is 14.3. The molecule has 0 bridgehead atoms. The molecule has 2 heterocycles. The zero-order valence-electron chi connectivity index (χ0n) is 15.7. The van der Waals surface area contributed by atoms with Gasteiger partial charge in [-0.05, 0) is 19.1 Å². The smallest absolute Gasteiger partial charge is 0.270 e. The molecule has 10 heteroatoms. The minimum Gasteiger partial charge on any atom is -0.366 e. The summed E-state index contributed by atoms with van der Waals surface area (Å²) in [5.74, 6) is -1.02. The largest absolute Gasteiger partial charge is 0.366 e. The van der Waals surface area contributed by atoms with Crippen LogP contribution in [0.15, 0.2) is 54.7 Å². The molecule has 9 nitrogen and oxygen atoms in total. The summed E-state index contributed by atoms with van der Waals surface area (Å²) in [6.07, 6.45) is 1.73. The number of nitrogens with two attached hydrogens (primary N) is 1. The van der Waals surface area contributed by atoms with E-state index >= 15 is 0 Å². The van der Waals surface area contributed by atoms with E-state index in [1.165, 1.54) is 29.5 Å². The number of carbonyl (C=O) groups excluding carboxylic acids is 2. The van der Waals surface area contributed by atoms with Crippen molar-refractivity contribution >= 4 is 39.5 Å². The molecule has 0 fully saturated rings. The number of nitro benzene ring substituents is 1. The molecule has 0 spiro atoms. The number of nitro groups is 1. The first kappa shape index (κ1) is 19.3. The molecule has 0 unspecified atom stereocenters. The van der Waals surface area contributed by atoms with Crippen LogP contribution >= 0.6 is 11.3 Å². The lowest BCUT2D eigenvalue weighted by Crippen LogP contribution is -2.18. The van der Waals surface area contributed by atoms with Crippen molar-refractivity contribution in [3.05, 3.63) is 81.0 Å². The van der Waals surface area contributed by atoms with Crippen molar-refractivity contribution in [2.45, 2.75) is 6.92 Å². The Morgan fingerprint density at radius 3 is 2.67 bits per heavy atom. The molecule has 0 saturated heterocycles. The van der Waals surface area contributed by atoms with Crippen LogP contribution in [0.4, 0.5) is 11.4 Å². The van der Waals surface area contributed by atoms with Crippen molar-refractivity contribution in [1.82, 2.24) is 9.38 Å². The highest BCUT2D eigenvalue weighted by Gasteiger charge is 2.20. The van der Waals surface area contributed by atoms with Gasteiger partial charge in [0.2, 0.25) is 0 Å². The van der Waals surface area contributed by atoms with Crippen molar-refractivity contribution in [1.29, 1.82) is 0 Å². The summed E-state index contributed by atoms with van der Waals surface area (Å²) < 4.78 is 1.76. The number of hydrogen-bond donors (Lipinski definition) is 2. The molecule has 3 N–H and O–H groups in total. The lowest BCUT2D eigenvalue weighted by atomic mass is 10.1. The summed E-state index contributed by atoms with van der Waals surface area (Å²) in [7, 11) is 0. The second kappa shape index (κ2) is 7.41. The molecule has 2 amide bonds. The molecule has 4 aromatic rings. The van der Waals surface area contributed by atoms with Gasteiger partial charge in [0.1, 0.15) is 4.88 Å². The maximum Gasteiger partial charge on any atom is 0.270 e. The van der Waals surface area contributed by atoms with Gasteiger partial charge in [-0.1, -0.05) is 35.6 Å². The zero-order valence-corrected chi connectivity index (χ0v) is 16.5. The number of thiazole rings is 1. The topological polar surface area (TPSA) is 133 Å². The van der Waals surface area contributed by atoms with Crippen LogP contribution in [0.5, 0.6) is 0 Å². The number of carbonyl (C=O) groups is 2. The van der Waals surface area contributed by atoms with Gasteiger partial charge in [0.25, 0.3) is 17.5 Å². The Labute approximate surface area is 173 Å². The number of anilines is 1. The summed E-state index contributed by atoms with van der Waals surface area (Å²) in [5.41, 5.74) is 7.73. The van der Waals surface area contributed by atoms with Gasteiger partial charge in [-0.15, -0.1) is 0 Å². The van der Waals surface area contributed by atoms with Gasteiger partial charge in [0.15, 0.2) is 4.96 Å². The Kier molecular flexibility index (Phi) is 4.76. The first-order valence-corrected chi connectivity index (χ1v) is 9.60. The molecule has 150 valence electrons. The Bertz CT molecular complexity index is 1320. The number of amides is 2. The van der Waals surface area contributed by atoms with Crippen LogP contribution in [-0.4, -0.2) is 26.1 Å². The molecule has 2 aromatic heterocycles. The number of benzene rings is 2. The van der Waals surface area contributed by atoms with Crippen LogP contribution in [0.3, 0.4) is 0 Å². The highest BCUT2D eigenvalue weighted by atomic mass is 32.1. The molecule has 0 radical (unpaired) electrons. The average Bonchev–Trinajstić information content (AvgIpc) is 3.28. The van der Waals surface area contributed by atoms with Gasteiger partial charge in [-0.3, -0.25) is 24.1 Å². The van der Waals surface area contributed by atoms with Gasteiger partial charge in [0.05, 0.1) is 21.9 Å². The fourth-order valence-corrected chi connectivity index (χ4v) is 4.07. The predicted octanol–water partition coefficient (Wildman–Crippen LogP) is 3.63. The van der Waals surface area contributed by atoms with Crippen molar-refractivity contribution < 1.29 is 14.5 Å². The maximum atomic E-state index is 12.8. The third-order valence-electron chi connectivity index (χ3n) is 4.56. The lowest BCUT2D eigenvalue weighted by Gasteiger charge is -2.08. The highest BCUT2D eigenvalue weighted by molar-refractivity contribution is 7.19. The van der Waals surface area contributed by atoms with E-state index in [0.29, 0.717) is 32.5 Å². The number of nitrogens with one attached hydrogen (secondary N) is 1. The number of para-hydroxylation sites is 1. The van der Waals surface area contributed by atoms with Gasteiger partial charge in [-0.25, -0.2) is 4.98 Å². The summed E-state index contributed by atoms with van der Waals surface area (Å²) in [6, 6.07) is 12.7. The fraction of sp³-hybridized carbons (Fsp3) is 0.0500. The van der Waals surface area contributed by atoms with Crippen LogP contribution < -0.4 is 11.1 Å². The second-order valence-electron chi connectivity index (χ2n) is 6.47. The van der Waals surface area contributed by atoms with E-state index in [1.54, 1.807) is 47.9 Å². The van der Waals surface area contributed by atoms with E-state index < -0.39 is 10.8 Å². The number of primary amides is 1. The second-order valence-corrected chi connectivity index (χ2v) is 7.44.